The molecule has 9 nitrogen and oxygen atoms in total. The Labute approximate surface area is 168 Å². The first kappa shape index (κ1) is 21.7. The van der Waals surface area contributed by atoms with Crippen LogP contribution < -0.4 is 21.5 Å². The maximum Gasteiger partial charge on any atom is 0.327 e. The van der Waals surface area contributed by atoms with E-state index in [2.05, 4.69) is 16.1 Å². The van der Waals surface area contributed by atoms with E-state index < -0.39 is 29.7 Å². The number of aryl methyl sites for hydroxylation is 1. The van der Waals surface area contributed by atoms with Crippen LogP contribution in [0.2, 0.25) is 0 Å². The summed E-state index contributed by atoms with van der Waals surface area (Å²) >= 11 is 0. The zero-order chi connectivity index (χ0) is 21.4. The van der Waals surface area contributed by atoms with Gasteiger partial charge in [0, 0.05) is 5.56 Å². The summed E-state index contributed by atoms with van der Waals surface area (Å²) in [6.45, 7) is 5.33. The highest BCUT2D eigenvalue weighted by Crippen LogP contribution is 2.09. The third-order valence-electron chi connectivity index (χ3n) is 4.13. The number of hydrogen-bond donors (Lipinski definition) is 4. The third-order valence-corrected chi connectivity index (χ3v) is 4.13. The molecular weight excluding hydrogens is 376 g/mol. The zero-order valence-electron chi connectivity index (χ0n) is 16.4. The van der Waals surface area contributed by atoms with E-state index in [-0.39, 0.29) is 12.5 Å². The van der Waals surface area contributed by atoms with Crippen molar-refractivity contribution in [1.29, 1.82) is 0 Å². The monoisotopic (exact) mass is 400 g/mol. The van der Waals surface area contributed by atoms with Gasteiger partial charge < -0.3 is 15.1 Å². The SMILES string of the molecule is Cc1ccccc1C(=O)N[C@H](C(=O)NNC(=O)C(=O)NCc1ccco1)C(C)C. The smallest absolute Gasteiger partial charge is 0.327 e. The maximum atomic E-state index is 12.5. The van der Waals surface area contributed by atoms with Crippen LogP contribution in [0, 0.1) is 12.8 Å². The van der Waals surface area contributed by atoms with E-state index in [0.29, 0.717) is 11.3 Å². The van der Waals surface area contributed by atoms with Crippen molar-refractivity contribution in [2.45, 2.75) is 33.4 Å². The van der Waals surface area contributed by atoms with Gasteiger partial charge in [0.1, 0.15) is 11.8 Å². The Morgan fingerprint density at radius 3 is 2.31 bits per heavy atom. The summed E-state index contributed by atoms with van der Waals surface area (Å²) in [7, 11) is 0. The van der Waals surface area contributed by atoms with Crippen LogP contribution in [0.3, 0.4) is 0 Å². The highest BCUT2D eigenvalue weighted by molar-refractivity contribution is 6.35. The van der Waals surface area contributed by atoms with E-state index in [1.54, 1.807) is 51.1 Å². The number of amides is 4. The van der Waals surface area contributed by atoms with Gasteiger partial charge in [0.05, 0.1) is 12.8 Å². The molecule has 0 saturated carbocycles. The average molecular weight is 400 g/mol. The van der Waals surface area contributed by atoms with E-state index in [9.17, 15) is 19.2 Å². The second kappa shape index (κ2) is 10.1. The van der Waals surface area contributed by atoms with E-state index in [4.69, 9.17) is 4.42 Å². The molecule has 0 fully saturated rings. The molecule has 0 bridgehead atoms. The van der Waals surface area contributed by atoms with Crippen LogP contribution in [-0.4, -0.2) is 29.7 Å². The molecule has 9 heteroatoms. The second-order valence-electron chi connectivity index (χ2n) is 6.72. The van der Waals surface area contributed by atoms with Crippen molar-refractivity contribution >= 4 is 23.6 Å². The van der Waals surface area contributed by atoms with Crippen molar-refractivity contribution in [2.75, 3.05) is 0 Å². The van der Waals surface area contributed by atoms with Gasteiger partial charge in [-0.15, -0.1) is 0 Å². The van der Waals surface area contributed by atoms with Crippen molar-refractivity contribution in [2.24, 2.45) is 5.92 Å². The first-order valence-corrected chi connectivity index (χ1v) is 9.06. The molecule has 154 valence electrons. The van der Waals surface area contributed by atoms with Crippen LogP contribution in [0.4, 0.5) is 0 Å². The fourth-order valence-electron chi connectivity index (χ4n) is 2.50. The van der Waals surface area contributed by atoms with Crippen LogP contribution in [0.5, 0.6) is 0 Å². The summed E-state index contributed by atoms with van der Waals surface area (Å²) in [4.78, 5) is 48.5. The molecule has 29 heavy (non-hydrogen) atoms. The Balaban J connectivity index is 1.88. The zero-order valence-corrected chi connectivity index (χ0v) is 16.4. The number of carbonyl (C=O) groups is 4. The molecule has 0 unspecified atom stereocenters. The first-order chi connectivity index (χ1) is 13.8. The molecule has 1 aromatic carbocycles. The van der Waals surface area contributed by atoms with E-state index in [0.717, 1.165) is 5.56 Å². The summed E-state index contributed by atoms with van der Waals surface area (Å²) < 4.78 is 5.05. The van der Waals surface area contributed by atoms with Gasteiger partial charge in [-0.05, 0) is 36.6 Å². The van der Waals surface area contributed by atoms with Crippen molar-refractivity contribution in [3.05, 3.63) is 59.5 Å². The lowest BCUT2D eigenvalue weighted by molar-refractivity contribution is -0.141. The molecule has 4 N–H and O–H groups in total. The molecule has 1 atom stereocenters. The van der Waals surface area contributed by atoms with Gasteiger partial charge >= 0.3 is 11.8 Å². The van der Waals surface area contributed by atoms with Crippen molar-refractivity contribution < 1.29 is 23.6 Å². The quantitative estimate of drug-likeness (QED) is 0.421. The van der Waals surface area contributed by atoms with Gasteiger partial charge in [-0.25, -0.2) is 0 Å². The molecule has 4 amide bonds. The minimum absolute atomic E-state index is 0.0360. The fourth-order valence-corrected chi connectivity index (χ4v) is 2.50. The Morgan fingerprint density at radius 2 is 1.69 bits per heavy atom. The minimum Gasteiger partial charge on any atom is -0.467 e. The lowest BCUT2D eigenvalue weighted by Gasteiger charge is -2.22. The molecule has 0 radical (unpaired) electrons. The molecule has 0 aliphatic rings. The van der Waals surface area contributed by atoms with Crippen LogP contribution in [0.1, 0.15) is 35.5 Å². The van der Waals surface area contributed by atoms with Crippen LogP contribution in [0.15, 0.2) is 47.1 Å². The molecule has 0 aliphatic heterocycles. The number of carbonyl (C=O) groups excluding carboxylic acids is 4. The lowest BCUT2D eigenvalue weighted by atomic mass is 10.0. The largest absolute Gasteiger partial charge is 0.467 e. The minimum atomic E-state index is -1.04. The molecular formula is C20H24N4O5. The van der Waals surface area contributed by atoms with E-state index in [1.165, 1.54) is 6.26 Å². The summed E-state index contributed by atoms with van der Waals surface area (Å²) in [6, 6.07) is 9.38. The predicted molar refractivity (Wildman–Crippen MR) is 104 cm³/mol. The topological polar surface area (TPSA) is 130 Å². The molecule has 0 saturated heterocycles. The number of furan rings is 1. The first-order valence-electron chi connectivity index (χ1n) is 9.06. The number of hydrogen-bond acceptors (Lipinski definition) is 5. The van der Waals surface area contributed by atoms with Gasteiger partial charge in [-0.1, -0.05) is 32.0 Å². The van der Waals surface area contributed by atoms with Crippen molar-refractivity contribution in [3.8, 4) is 0 Å². The van der Waals surface area contributed by atoms with Gasteiger partial charge in [0.2, 0.25) is 0 Å². The number of benzene rings is 1. The number of rotatable bonds is 6. The molecule has 2 aromatic rings. The number of nitrogens with one attached hydrogen (secondary N) is 4. The van der Waals surface area contributed by atoms with Crippen LogP contribution in [0.25, 0.3) is 0 Å². The predicted octanol–water partition coefficient (Wildman–Crippen LogP) is 0.806. The molecule has 1 aromatic heterocycles. The second-order valence-corrected chi connectivity index (χ2v) is 6.72. The van der Waals surface area contributed by atoms with Gasteiger partial charge in [-0.2, -0.15) is 0 Å². The average Bonchev–Trinajstić information content (AvgIpc) is 3.21. The van der Waals surface area contributed by atoms with Crippen LogP contribution in [-0.2, 0) is 20.9 Å². The lowest BCUT2D eigenvalue weighted by Crippen LogP contribution is -2.56. The van der Waals surface area contributed by atoms with Crippen LogP contribution >= 0.6 is 0 Å². The number of hydrazine groups is 1. The Bertz CT molecular complexity index is 877. The highest BCUT2D eigenvalue weighted by atomic mass is 16.3. The van der Waals surface area contributed by atoms with Gasteiger partial charge in [0.15, 0.2) is 0 Å². The van der Waals surface area contributed by atoms with Gasteiger partial charge in [0.25, 0.3) is 11.8 Å². The van der Waals surface area contributed by atoms with E-state index >= 15 is 0 Å². The summed E-state index contributed by atoms with van der Waals surface area (Å²) in [5.74, 6) is -2.81. The fraction of sp³-hybridized carbons (Fsp3) is 0.300. The molecule has 1 heterocycles. The Hall–Kier alpha value is -3.62. The van der Waals surface area contributed by atoms with Crippen molar-refractivity contribution in [1.82, 2.24) is 21.5 Å². The van der Waals surface area contributed by atoms with Crippen molar-refractivity contribution in [3.63, 3.8) is 0 Å². The normalized spacial score (nSPS) is 11.4. The third kappa shape index (κ3) is 6.20. The Morgan fingerprint density at radius 1 is 0.966 bits per heavy atom. The van der Waals surface area contributed by atoms with Gasteiger partial charge in [-0.3, -0.25) is 30.0 Å². The molecule has 0 aliphatic carbocycles. The summed E-state index contributed by atoms with van der Waals surface area (Å²) in [5, 5.41) is 5.01. The molecule has 0 spiro atoms. The maximum absolute atomic E-state index is 12.5. The highest BCUT2D eigenvalue weighted by Gasteiger charge is 2.26. The summed E-state index contributed by atoms with van der Waals surface area (Å²) in [5.41, 5.74) is 5.44. The van der Waals surface area contributed by atoms with E-state index in [1.807, 2.05) is 11.5 Å². The molecule has 2 rings (SSSR count). The summed E-state index contributed by atoms with van der Waals surface area (Å²) in [6.07, 6.45) is 1.44. The standard InChI is InChI=1S/C20H24N4O5/c1-12(2)16(22-17(25)15-9-5-4-7-13(15)3)18(26)23-24-20(28)19(27)21-11-14-8-6-10-29-14/h4-10,12,16H,11H2,1-3H3,(H,21,27)(H,22,25)(H,23,26)(H,24,28)/t16-/m0/s1. The Kier molecular flexibility index (Phi) is 7.53.